The number of imidazole rings is 1. The maximum atomic E-state index is 13.8. The number of aryl methyl sites for hydroxylation is 2. The van der Waals surface area contributed by atoms with Gasteiger partial charge in [-0.15, -0.1) is 10.2 Å². The summed E-state index contributed by atoms with van der Waals surface area (Å²) in [5.74, 6) is 0.627. The number of nitrogens with zero attached hydrogens (tertiary/aromatic N) is 4. The van der Waals surface area contributed by atoms with Gasteiger partial charge in [-0.25, -0.2) is 9.37 Å². The minimum atomic E-state index is -0.241. The van der Waals surface area contributed by atoms with Crippen molar-refractivity contribution in [2.75, 3.05) is 0 Å². The van der Waals surface area contributed by atoms with Crippen molar-refractivity contribution in [1.82, 2.24) is 29.7 Å². The molecule has 0 saturated carbocycles. The van der Waals surface area contributed by atoms with Gasteiger partial charge in [0.15, 0.2) is 5.16 Å². The molecule has 2 N–H and O–H groups in total. The molecule has 0 aliphatic heterocycles. The number of fused-ring (bicyclic) bond motifs is 1. The first-order valence-electron chi connectivity index (χ1n) is 10.6. The molecule has 0 saturated heterocycles. The lowest BCUT2D eigenvalue weighted by molar-refractivity contribution is 0.573. The molecular formula is C24H23FN6S. The zero-order valence-electron chi connectivity index (χ0n) is 17.7. The molecule has 3 aromatic heterocycles. The predicted molar refractivity (Wildman–Crippen MR) is 123 cm³/mol. The van der Waals surface area contributed by atoms with Crippen molar-refractivity contribution in [2.24, 2.45) is 0 Å². The van der Waals surface area contributed by atoms with Gasteiger partial charge in [0.25, 0.3) is 0 Å². The quantitative estimate of drug-likeness (QED) is 0.339. The van der Waals surface area contributed by atoms with Crippen LogP contribution in [0.25, 0.3) is 10.9 Å². The average molecular weight is 447 g/mol. The van der Waals surface area contributed by atoms with Crippen LogP contribution in [0.3, 0.4) is 0 Å². The lowest BCUT2D eigenvalue weighted by atomic mass is 10.1. The molecule has 0 fully saturated rings. The molecule has 162 valence electrons. The standard InChI is InChI=1S/C24H23FN6S/c1-16-4-2-6-20(10-16)32-24-30-29-23(31(24)9-3-5-19-14-26-15-28-19)11-17-13-27-22-8-7-18(25)12-21(17)22/h2,4,6-8,10,12-15,27H,3,5,9,11H2,1H3,(H,26,28). The molecule has 0 bridgehead atoms. The summed E-state index contributed by atoms with van der Waals surface area (Å²) in [6.45, 7) is 2.86. The van der Waals surface area contributed by atoms with E-state index in [9.17, 15) is 4.39 Å². The molecule has 0 radical (unpaired) electrons. The van der Waals surface area contributed by atoms with Gasteiger partial charge in [0, 0.05) is 41.2 Å². The number of aromatic amines is 2. The first kappa shape index (κ1) is 20.5. The summed E-state index contributed by atoms with van der Waals surface area (Å²) >= 11 is 1.62. The van der Waals surface area contributed by atoms with Crippen LogP contribution in [-0.2, 0) is 19.4 Å². The summed E-state index contributed by atoms with van der Waals surface area (Å²) in [5, 5.41) is 10.8. The summed E-state index contributed by atoms with van der Waals surface area (Å²) in [6.07, 6.45) is 7.92. The number of rotatable bonds is 8. The Kier molecular flexibility index (Phi) is 5.77. The van der Waals surface area contributed by atoms with Crippen LogP contribution in [0.2, 0.25) is 0 Å². The molecule has 6 nitrogen and oxygen atoms in total. The van der Waals surface area contributed by atoms with Crippen LogP contribution in [0.1, 0.15) is 29.1 Å². The number of nitrogens with one attached hydrogen (secondary N) is 2. The zero-order chi connectivity index (χ0) is 21.9. The molecule has 0 unspecified atom stereocenters. The van der Waals surface area contributed by atoms with Crippen molar-refractivity contribution >= 4 is 22.7 Å². The Morgan fingerprint density at radius 2 is 2.03 bits per heavy atom. The second-order valence-electron chi connectivity index (χ2n) is 7.81. The summed E-state index contributed by atoms with van der Waals surface area (Å²) < 4.78 is 16.0. The molecular weight excluding hydrogens is 423 g/mol. The summed E-state index contributed by atoms with van der Waals surface area (Å²) in [5.41, 5.74) is 4.17. The van der Waals surface area contributed by atoms with E-state index in [0.29, 0.717) is 6.42 Å². The van der Waals surface area contributed by atoms with Gasteiger partial charge in [-0.05, 0) is 67.4 Å². The van der Waals surface area contributed by atoms with Crippen molar-refractivity contribution in [2.45, 2.75) is 42.8 Å². The van der Waals surface area contributed by atoms with Gasteiger partial charge < -0.3 is 14.5 Å². The third kappa shape index (κ3) is 4.45. The number of aromatic nitrogens is 6. The zero-order valence-corrected chi connectivity index (χ0v) is 18.5. The average Bonchev–Trinajstić information content (AvgIpc) is 3.51. The summed E-state index contributed by atoms with van der Waals surface area (Å²) in [4.78, 5) is 11.7. The third-order valence-corrected chi connectivity index (χ3v) is 6.41. The number of hydrogen-bond acceptors (Lipinski definition) is 4. The van der Waals surface area contributed by atoms with Gasteiger partial charge in [-0.1, -0.05) is 17.7 Å². The molecule has 2 aromatic carbocycles. The van der Waals surface area contributed by atoms with E-state index in [-0.39, 0.29) is 5.82 Å². The SMILES string of the molecule is Cc1cccc(Sc2nnc(Cc3c[nH]c4ccc(F)cc34)n2CCCc2c[nH]cn2)c1. The Labute approximate surface area is 189 Å². The van der Waals surface area contributed by atoms with Crippen LogP contribution in [-0.4, -0.2) is 29.7 Å². The normalized spacial score (nSPS) is 11.4. The van der Waals surface area contributed by atoms with Gasteiger partial charge in [0.2, 0.25) is 0 Å². The number of hydrogen-bond donors (Lipinski definition) is 2. The Bertz CT molecular complexity index is 1340. The van der Waals surface area contributed by atoms with E-state index in [2.05, 4.69) is 60.9 Å². The Balaban J connectivity index is 1.43. The smallest absolute Gasteiger partial charge is 0.196 e. The number of halogens is 1. The Hall–Kier alpha value is -3.39. The minimum Gasteiger partial charge on any atom is -0.361 e. The molecule has 0 aliphatic carbocycles. The van der Waals surface area contributed by atoms with Crippen molar-refractivity contribution in [1.29, 1.82) is 0 Å². The highest BCUT2D eigenvalue weighted by Gasteiger charge is 2.16. The summed E-state index contributed by atoms with van der Waals surface area (Å²) in [7, 11) is 0. The van der Waals surface area contributed by atoms with Crippen molar-refractivity contribution in [3.8, 4) is 0 Å². The van der Waals surface area contributed by atoms with E-state index in [1.54, 1.807) is 30.2 Å². The van der Waals surface area contributed by atoms with E-state index < -0.39 is 0 Å². The third-order valence-electron chi connectivity index (χ3n) is 5.44. The molecule has 0 aliphatic rings. The van der Waals surface area contributed by atoms with Gasteiger partial charge in [0.05, 0.1) is 12.0 Å². The second kappa shape index (κ2) is 9.00. The maximum absolute atomic E-state index is 13.8. The second-order valence-corrected chi connectivity index (χ2v) is 8.85. The fourth-order valence-corrected chi connectivity index (χ4v) is 4.84. The van der Waals surface area contributed by atoms with E-state index in [1.165, 1.54) is 11.6 Å². The summed E-state index contributed by atoms with van der Waals surface area (Å²) in [6, 6.07) is 13.2. The van der Waals surface area contributed by atoms with Crippen LogP contribution in [0.5, 0.6) is 0 Å². The van der Waals surface area contributed by atoms with E-state index in [0.717, 1.165) is 57.4 Å². The predicted octanol–water partition coefficient (Wildman–Crippen LogP) is 5.30. The lowest BCUT2D eigenvalue weighted by Crippen LogP contribution is -2.07. The van der Waals surface area contributed by atoms with Crippen LogP contribution in [0.4, 0.5) is 4.39 Å². The fraction of sp³-hybridized carbons (Fsp3) is 0.208. The highest BCUT2D eigenvalue weighted by molar-refractivity contribution is 7.99. The van der Waals surface area contributed by atoms with Crippen LogP contribution < -0.4 is 0 Å². The number of benzene rings is 2. The molecule has 0 atom stereocenters. The Morgan fingerprint density at radius 3 is 2.88 bits per heavy atom. The molecule has 5 aromatic rings. The van der Waals surface area contributed by atoms with Crippen LogP contribution >= 0.6 is 11.8 Å². The first-order chi connectivity index (χ1) is 15.7. The first-order valence-corrected chi connectivity index (χ1v) is 11.4. The molecule has 5 rings (SSSR count). The van der Waals surface area contributed by atoms with Gasteiger partial charge >= 0.3 is 0 Å². The topological polar surface area (TPSA) is 75.2 Å². The molecule has 8 heteroatoms. The molecule has 3 heterocycles. The van der Waals surface area contributed by atoms with Gasteiger partial charge in [0.1, 0.15) is 11.6 Å². The highest BCUT2D eigenvalue weighted by Crippen LogP contribution is 2.29. The minimum absolute atomic E-state index is 0.241. The molecule has 32 heavy (non-hydrogen) atoms. The highest BCUT2D eigenvalue weighted by atomic mass is 32.2. The Morgan fingerprint density at radius 1 is 1.09 bits per heavy atom. The van der Waals surface area contributed by atoms with Crippen LogP contribution in [0, 0.1) is 12.7 Å². The number of H-pyrrole nitrogens is 2. The molecule has 0 spiro atoms. The monoisotopic (exact) mass is 446 g/mol. The fourth-order valence-electron chi connectivity index (χ4n) is 3.85. The maximum Gasteiger partial charge on any atom is 0.196 e. The van der Waals surface area contributed by atoms with Crippen molar-refractivity contribution in [3.63, 3.8) is 0 Å². The van der Waals surface area contributed by atoms with Crippen molar-refractivity contribution in [3.05, 3.63) is 89.6 Å². The van der Waals surface area contributed by atoms with Gasteiger partial charge in [-0.3, -0.25) is 0 Å². The largest absolute Gasteiger partial charge is 0.361 e. The van der Waals surface area contributed by atoms with E-state index in [1.807, 2.05) is 12.4 Å². The van der Waals surface area contributed by atoms with Crippen LogP contribution in [0.15, 0.2) is 71.2 Å². The lowest BCUT2D eigenvalue weighted by Gasteiger charge is -2.10. The van der Waals surface area contributed by atoms with E-state index in [4.69, 9.17) is 0 Å². The van der Waals surface area contributed by atoms with Gasteiger partial charge in [-0.2, -0.15) is 0 Å². The molecule has 0 amide bonds. The van der Waals surface area contributed by atoms with Crippen molar-refractivity contribution < 1.29 is 4.39 Å². The van der Waals surface area contributed by atoms with E-state index >= 15 is 0 Å².